The maximum Gasteiger partial charge on any atom is 0.225 e. The predicted octanol–water partition coefficient (Wildman–Crippen LogP) is 2.69. The van der Waals surface area contributed by atoms with Crippen molar-refractivity contribution in [1.82, 2.24) is 4.90 Å². The first-order valence-corrected chi connectivity index (χ1v) is 7.85. The van der Waals surface area contributed by atoms with E-state index in [-0.39, 0.29) is 5.91 Å². The summed E-state index contributed by atoms with van der Waals surface area (Å²) in [5.74, 6) is 0.0822. The third kappa shape index (κ3) is 5.14. The number of piperidine rings is 1. The van der Waals surface area contributed by atoms with Gasteiger partial charge in [-0.1, -0.05) is 19.1 Å². The van der Waals surface area contributed by atoms with Crippen LogP contribution in [-0.2, 0) is 16.0 Å². The molecule has 1 aliphatic rings. The molecule has 1 aromatic carbocycles. The summed E-state index contributed by atoms with van der Waals surface area (Å²) in [5.41, 5.74) is 2.16. The molecule has 21 heavy (non-hydrogen) atoms. The molecule has 116 valence electrons. The summed E-state index contributed by atoms with van der Waals surface area (Å²) in [6, 6.07) is 8.06. The molecule has 0 aromatic heterocycles. The van der Waals surface area contributed by atoms with Gasteiger partial charge in [-0.25, -0.2) is 0 Å². The van der Waals surface area contributed by atoms with Gasteiger partial charge in [0.05, 0.1) is 6.10 Å². The molecule has 1 amide bonds. The number of nitrogens with one attached hydrogen (secondary N) is 1. The van der Waals surface area contributed by atoms with E-state index in [1.165, 1.54) is 5.56 Å². The number of carbonyl (C=O) groups is 1. The molecule has 0 radical (unpaired) electrons. The van der Waals surface area contributed by atoms with Crippen LogP contribution in [0, 0.1) is 0 Å². The quantitative estimate of drug-likeness (QED) is 0.876. The summed E-state index contributed by atoms with van der Waals surface area (Å²) in [6.45, 7) is 4.94. The summed E-state index contributed by atoms with van der Waals surface area (Å²) in [6.07, 6.45) is 4.15. The van der Waals surface area contributed by atoms with Crippen LogP contribution in [0.4, 0.5) is 5.69 Å². The van der Waals surface area contributed by atoms with Gasteiger partial charge in [0.1, 0.15) is 0 Å². The largest absolute Gasteiger partial charge is 0.380 e. The van der Waals surface area contributed by atoms with E-state index in [1.807, 2.05) is 12.1 Å². The third-order valence-corrected chi connectivity index (χ3v) is 4.10. The van der Waals surface area contributed by atoms with Crippen molar-refractivity contribution >= 4 is 11.6 Å². The first kappa shape index (κ1) is 16.0. The van der Waals surface area contributed by atoms with Crippen molar-refractivity contribution in [3.8, 4) is 0 Å². The van der Waals surface area contributed by atoms with E-state index in [1.54, 1.807) is 7.11 Å². The Morgan fingerprint density at radius 3 is 2.81 bits per heavy atom. The Hall–Kier alpha value is -1.39. The Bertz CT molecular complexity index is 445. The third-order valence-electron chi connectivity index (χ3n) is 4.10. The van der Waals surface area contributed by atoms with Gasteiger partial charge in [-0.2, -0.15) is 0 Å². The number of anilines is 1. The van der Waals surface area contributed by atoms with Crippen LogP contribution in [0.5, 0.6) is 0 Å². The molecular formula is C17H26N2O2. The van der Waals surface area contributed by atoms with Gasteiger partial charge >= 0.3 is 0 Å². The van der Waals surface area contributed by atoms with E-state index in [0.29, 0.717) is 12.5 Å². The molecule has 1 N–H and O–H groups in total. The van der Waals surface area contributed by atoms with Crippen LogP contribution in [0.25, 0.3) is 0 Å². The molecule has 1 heterocycles. The molecule has 1 saturated heterocycles. The Morgan fingerprint density at radius 1 is 1.38 bits per heavy atom. The molecule has 2 rings (SSSR count). The maximum atomic E-state index is 12.0. The van der Waals surface area contributed by atoms with Crippen molar-refractivity contribution in [2.75, 3.05) is 32.1 Å². The summed E-state index contributed by atoms with van der Waals surface area (Å²) in [5, 5.41) is 2.96. The molecule has 4 heteroatoms. The Kier molecular flexibility index (Phi) is 6.21. The fourth-order valence-corrected chi connectivity index (χ4v) is 2.72. The number of hydrogen-bond donors (Lipinski definition) is 1. The van der Waals surface area contributed by atoms with Crippen molar-refractivity contribution in [3.05, 3.63) is 29.8 Å². The number of hydrogen-bond acceptors (Lipinski definition) is 3. The predicted molar refractivity (Wildman–Crippen MR) is 85.5 cm³/mol. The van der Waals surface area contributed by atoms with Crippen LogP contribution in [-0.4, -0.2) is 43.7 Å². The average Bonchev–Trinajstić information content (AvgIpc) is 2.54. The average molecular weight is 290 g/mol. The molecule has 1 aliphatic heterocycles. The molecule has 1 atom stereocenters. The number of carbonyl (C=O) groups excluding carboxylic acids is 1. The van der Waals surface area contributed by atoms with Crippen molar-refractivity contribution < 1.29 is 9.53 Å². The smallest absolute Gasteiger partial charge is 0.225 e. The second-order valence-corrected chi connectivity index (χ2v) is 5.65. The number of likely N-dealkylation sites (tertiary alicyclic amines) is 1. The van der Waals surface area contributed by atoms with Gasteiger partial charge in [0.15, 0.2) is 0 Å². The highest BCUT2D eigenvalue weighted by atomic mass is 16.5. The fourth-order valence-electron chi connectivity index (χ4n) is 2.72. The van der Waals surface area contributed by atoms with Crippen LogP contribution < -0.4 is 5.32 Å². The molecule has 0 bridgehead atoms. The van der Waals surface area contributed by atoms with E-state index < -0.39 is 0 Å². The number of methoxy groups -OCH3 is 1. The zero-order valence-electron chi connectivity index (χ0n) is 13.1. The van der Waals surface area contributed by atoms with E-state index >= 15 is 0 Å². The van der Waals surface area contributed by atoms with E-state index in [9.17, 15) is 4.79 Å². The lowest BCUT2D eigenvalue weighted by Gasteiger charge is -2.31. The van der Waals surface area contributed by atoms with E-state index in [0.717, 1.165) is 44.6 Å². The molecule has 0 saturated carbocycles. The lowest BCUT2D eigenvalue weighted by Crippen LogP contribution is -2.40. The molecule has 0 spiro atoms. The lowest BCUT2D eigenvalue weighted by atomic mass is 10.1. The highest BCUT2D eigenvalue weighted by Gasteiger charge is 2.19. The van der Waals surface area contributed by atoms with Gasteiger partial charge in [-0.3, -0.25) is 4.79 Å². The summed E-state index contributed by atoms with van der Waals surface area (Å²) >= 11 is 0. The molecule has 4 nitrogen and oxygen atoms in total. The van der Waals surface area contributed by atoms with E-state index in [4.69, 9.17) is 4.74 Å². The van der Waals surface area contributed by atoms with E-state index in [2.05, 4.69) is 29.3 Å². The van der Waals surface area contributed by atoms with Crippen LogP contribution >= 0.6 is 0 Å². The molecule has 1 aromatic rings. The van der Waals surface area contributed by atoms with Gasteiger partial charge in [0, 0.05) is 32.3 Å². The number of benzene rings is 1. The second-order valence-electron chi connectivity index (χ2n) is 5.65. The summed E-state index contributed by atoms with van der Waals surface area (Å²) in [7, 11) is 1.76. The molecular weight excluding hydrogens is 264 g/mol. The molecule has 0 unspecified atom stereocenters. The minimum Gasteiger partial charge on any atom is -0.380 e. The topological polar surface area (TPSA) is 41.6 Å². The Morgan fingerprint density at radius 2 is 2.14 bits per heavy atom. The molecule has 0 aliphatic carbocycles. The first-order chi connectivity index (χ1) is 10.2. The molecule has 1 fully saturated rings. The monoisotopic (exact) mass is 290 g/mol. The summed E-state index contributed by atoms with van der Waals surface area (Å²) < 4.78 is 5.40. The van der Waals surface area contributed by atoms with Crippen molar-refractivity contribution in [3.63, 3.8) is 0 Å². The van der Waals surface area contributed by atoms with Crippen molar-refractivity contribution in [2.45, 2.75) is 38.7 Å². The van der Waals surface area contributed by atoms with Gasteiger partial charge in [-0.05, 0) is 43.5 Å². The Labute approximate surface area is 127 Å². The number of ether oxygens (including phenoxy) is 1. The van der Waals surface area contributed by atoms with Crippen molar-refractivity contribution in [2.24, 2.45) is 0 Å². The van der Waals surface area contributed by atoms with Crippen LogP contribution in [0.15, 0.2) is 24.3 Å². The number of nitrogens with zero attached hydrogens (tertiary/aromatic N) is 1. The van der Waals surface area contributed by atoms with Gasteiger partial charge in [-0.15, -0.1) is 0 Å². The van der Waals surface area contributed by atoms with Gasteiger partial charge in [0.25, 0.3) is 0 Å². The minimum absolute atomic E-state index is 0.0822. The van der Waals surface area contributed by atoms with Crippen LogP contribution in [0.3, 0.4) is 0 Å². The van der Waals surface area contributed by atoms with Crippen LogP contribution in [0.2, 0.25) is 0 Å². The second kappa shape index (κ2) is 8.15. The fraction of sp³-hybridized carbons (Fsp3) is 0.588. The standard InChI is InChI=1S/C17H26N2O2/c1-3-14-6-8-15(9-7-14)18-17(20)10-12-19-11-4-5-16(13-19)21-2/h6-9,16H,3-5,10-13H2,1-2H3,(H,18,20)/t16-/m0/s1. The SMILES string of the molecule is CCc1ccc(NC(=O)CCN2CCC[C@H](OC)C2)cc1. The normalized spacial score (nSPS) is 19.4. The van der Waals surface area contributed by atoms with Gasteiger partial charge < -0.3 is 15.0 Å². The highest BCUT2D eigenvalue weighted by molar-refractivity contribution is 5.90. The first-order valence-electron chi connectivity index (χ1n) is 7.85. The number of rotatable bonds is 6. The van der Waals surface area contributed by atoms with Crippen molar-refractivity contribution in [1.29, 1.82) is 0 Å². The lowest BCUT2D eigenvalue weighted by molar-refractivity contribution is -0.116. The number of amides is 1. The highest BCUT2D eigenvalue weighted by Crippen LogP contribution is 2.13. The zero-order valence-corrected chi connectivity index (χ0v) is 13.1. The maximum absolute atomic E-state index is 12.0. The minimum atomic E-state index is 0.0822. The Balaban J connectivity index is 1.73. The zero-order chi connectivity index (χ0) is 15.1. The summed E-state index contributed by atoms with van der Waals surface area (Å²) in [4.78, 5) is 14.3. The number of aryl methyl sites for hydroxylation is 1. The van der Waals surface area contributed by atoms with Gasteiger partial charge in [0.2, 0.25) is 5.91 Å². The van der Waals surface area contributed by atoms with Crippen LogP contribution in [0.1, 0.15) is 31.7 Å².